The highest BCUT2D eigenvalue weighted by Gasteiger charge is 2.21. The van der Waals surface area contributed by atoms with Gasteiger partial charge in [-0.2, -0.15) is 0 Å². The zero-order chi connectivity index (χ0) is 15.1. The maximum Gasteiger partial charge on any atom is 0.321 e. The predicted octanol–water partition coefficient (Wildman–Crippen LogP) is 0.407. The Morgan fingerprint density at radius 2 is 2.05 bits per heavy atom. The van der Waals surface area contributed by atoms with Crippen molar-refractivity contribution in [2.45, 2.75) is 38.6 Å². The Hall–Kier alpha value is -1.63. The van der Waals surface area contributed by atoms with Crippen LogP contribution in [0.25, 0.3) is 0 Å². The standard InChI is InChI=1S/C13H23N3O4/c1-9(7-12(18)19)6-11(17)15-13(20)14-8-10-4-3-5-16(10)2/h9-10H,3-8H2,1-2H3,(H,18,19)(H2,14,15,17,20). The van der Waals surface area contributed by atoms with Crippen molar-refractivity contribution in [1.29, 1.82) is 0 Å². The summed E-state index contributed by atoms with van der Waals surface area (Å²) in [4.78, 5) is 35.7. The number of rotatable bonds is 6. The van der Waals surface area contributed by atoms with E-state index in [1.807, 2.05) is 7.05 Å². The van der Waals surface area contributed by atoms with Crippen molar-refractivity contribution in [2.75, 3.05) is 20.1 Å². The quantitative estimate of drug-likeness (QED) is 0.656. The van der Waals surface area contributed by atoms with Gasteiger partial charge in [-0.1, -0.05) is 6.92 Å². The summed E-state index contributed by atoms with van der Waals surface area (Å²) in [5, 5.41) is 13.5. The number of likely N-dealkylation sites (N-methyl/N-ethyl adjacent to an activating group) is 1. The van der Waals surface area contributed by atoms with E-state index in [1.165, 1.54) is 0 Å². The van der Waals surface area contributed by atoms with Crippen LogP contribution in [0, 0.1) is 5.92 Å². The van der Waals surface area contributed by atoms with Gasteiger partial charge in [-0.3, -0.25) is 14.9 Å². The first-order valence-corrected chi connectivity index (χ1v) is 6.88. The van der Waals surface area contributed by atoms with Crippen LogP contribution in [0.5, 0.6) is 0 Å². The molecule has 1 aliphatic heterocycles. The first-order valence-electron chi connectivity index (χ1n) is 6.88. The fraction of sp³-hybridized carbons (Fsp3) is 0.769. The number of urea groups is 1. The lowest BCUT2D eigenvalue weighted by Crippen LogP contribution is -2.45. The van der Waals surface area contributed by atoms with Gasteiger partial charge in [0, 0.05) is 25.4 Å². The molecule has 1 rings (SSSR count). The van der Waals surface area contributed by atoms with Gasteiger partial charge in [-0.25, -0.2) is 4.79 Å². The van der Waals surface area contributed by atoms with E-state index in [0.29, 0.717) is 12.6 Å². The number of aliphatic carboxylic acids is 1. The van der Waals surface area contributed by atoms with Gasteiger partial charge < -0.3 is 15.3 Å². The number of nitrogens with one attached hydrogen (secondary N) is 2. The molecule has 0 radical (unpaired) electrons. The SMILES string of the molecule is CC(CC(=O)O)CC(=O)NC(=O)NCC1CCCN1C. The van der Waals surface area contributed by atoms with Crippen molar-refractivity contribution in [3.05, 3.63) is 0 Å². The van der Waals surface area contributed by atoms with E-state index in [9.17, 15) is 14.4 Å². The third kappa shape index (κ3) is 6.01. The summed E-state index contributed by atoms with van der Waals surface area (Å²) >= 11 is 0. The number of carboxylic acids is 1. The molecule has 2 unspecified atom stereocenters. The van der Waals surface area contributed by atoms with Crippen LogP contribution >= 0.6 is 0 Å². The molecule has 1 fully saturated rings. The molecule has 0 aromatic carbocycles. The van der Waals surface area contributed by atoms with Crippen LogP contribution in [-0.4, -0.2) is 54.1 Å². The number of imide groups is 1. The first-order chi connectivity index (χ1) is 9.38. The lowest BCUT2D eigenvalue weighted by molar-refractivity contribution is -0.138. The van der Waals surface area contributed by atoms with E-state index >= 15 is 0 Å². The highest BCUT2D eigenvalue weighted by Crippen LogP contribution is 2.13. The molecule has 1 saturated heterocycles. The Balaban J connectivity index is 2.20. The summed E-state index contributed by atoms with van der Waals surface area (Å²) in [6.45, 7) is 3.21. The van der Waals surface area contributed by atoms with Crippen LogP contribution < -0.4 is 10.6 Å². The molecular formula is C13H23N3O4. The second-order valence-corrected chi connectivity index (χ2v) is 5.44. The number of amides is 3. The number of likely N-dealkylation sites (tertiary alicyclic amines) is 1. The first kappa shape index (κ1) is 16.4. The van der Waals surface area contributed by atoms with Crippen molar-refractivity contribution in [3.63, 3.8) is 0 Å². The Morgan fingerprint density at radius 3 is 2.60 bits per heavy atom. The highest BCUT2D eigenvalue weighted by atomic mass is 16.4. The third-order valence-corrected chi connectivity index (χ3v) is 3.48. The van der Waals surface area contributed by atoms with Crippen LogP contribution in [-0.2, 0) is 9.59 Å². The van der Waals surface area contributed by atoms with E-state index in [2.05, 4.69) is 15.5 Å². The van der Waals surface area contributed by atoms with Gasteiger partial charge in [0.25, 0.3) is 0 Å². The van der Waals surface area contributed by atoms with Crippen LogP contribution in [0.4, 0.5) is 4.79 Å². The van der Waals surface area contributed by atoms with Gasteiger partial charge in [0.15, 0.2) is 0 Å². The summed E-state index contributed by atoms with van der Waals surface area (Å²) < 4.78 is 0. The van der Waals surface area contributed by atoms with Crippen molar-refractivity contribution < 1.29 is 19.5 Å². The Morgan fingerprint density at radius 1 is 1.35 bits per heavy atom. The van der Waals surface area contributed by atoms with E-state index in [0.717, 1.165) is 19.4 Å². The Labute approximate surface area is 118 Å². The van der Waals surface area contributed by atoms with Crippen molar-refractivity contribution in [3.8, 4) is 0 Å². The van der Waals surface area contributed by atoms with Crippen LogP contribution in [0.15, 0.2) is 0 Å². The van der Waals surface area contributed by atoms with E-state index in [-0.39, 0.29) is 18.8 Å². The minimum absolute atomic E-state index is 0.0308. The average Bonchev–Trinajstić information content (AvgIpc) is 2.70. The van der Waals surface area contributed by atoms with Gasteiger partial charge in [0.05, 0.1) is 0 Å². The molecular weight excluding hydrogens is 262 g/mol. The molecule has 0 aromatic rings. The summed E-state index contributed by atoms with van der Waals surface area (Å²) in [6.07, 6.45) is 2.11. The van der Waals surface area contributed by atoms with Crippen LogP contribution in [0.3, 0.4) is 0 Å². The maximum absolute atomic E-state index is 11.5. The molecule has 0 bridgehead atoms. The second kappa shape index (κ2) is 7.84. The second-order valence-electron chi connectivity index (χ2n) is 5.44. The summed E-state index contributed by atoms with van der Waals surface area (Å²) in [6, 6.07) is -0.195. The lowest BCUT2D eigenvalue weighted by atomic mass is 10.0. The molecule has 114 valence electrons. The summed E-state index contributed by atoms with van der Waals surface area (Å²) in [7, 11) is 2.01. The molecule has 7 heteroatoms. The molecule has 3 N–H and O–H groups in total. The Bertz CT molecular complexity index is 373. The minimum atomic E-state index is -0.945. The van der Waals surface area contributed by atoms with E-state index in [1.54, 1.807) is 6.92 Å². The van der Waals surface area contributed by atoms with Gasteiger partial charge in [0.2, 0.25) is 5.91 Å². The fourth-order valence-corrected chi connectivity index (χ4v) is 2.36. The molecule has 0 saturated carbocycles. The number of carboxylic acid groups (broad SMARTS) is 1. The average molecular weight is 285 g/mol. The smallest absolute Gasteiger partial charge is 0.321 e. The highest BCUT2D eigenvalue weighted by molar-refractivity contribution is 5.94. The van der Waals surface area contributed by atoms with Gasteiger partial charge >= 0.3 is 12.0 Å². The van der Waals surface area contributed by atoms with Crippen LogP contribution in [0.1, 0.15) is 32.6 Å². The molecule has 0 aliphatic carbocycles. The summed E-state index contributed by atoms with van der Waals surface area (Å²) in [5.41, 5.74) is 0. The zero-order valence-electron chi connectivity index (χ0n) is 12.0. The van der Waals surface area contributed by atoms with Crippen molar-refractivity contribution in [2.24, 2.45) is 5.92 Å². The number of hydrogen-bond donors (Lipinski definition) is 3. The normalized spacial score (nSPS) is 20.4. The van der Waals surface area contributed by atoms with Crippen LogP contribution in [0.2, 0.25) is 0 Å². The van der Waals surface area contributed by atoms with E-state index < -0.39 is 17.9 Å². The van der Waals surface area contributed by atoms with Crippen molar-refractivity contribution >= 4 is 17.9 Å². The predicted molar refractivity (Wildman–Crippen MR) is 73.2 cm³/mol. The molecule has 2 atom stereocenters. The maximum atomic E-state index is 11.5. The molecule has 0 spiro atoms. The monoisotopic (exact) mass is 285 g/mol. The lowest BCUT2D eigenvalue weighted by Gasteiger charge is -2.19. The van der Waals surface area contributed by atoms with Gasteiger partial charge in [-0.15, -0.1) is 0 Å². The topological polar surface area (TPSA) is 98.7 Å². The molecule has 20 heavy (non-hydrogen) atoms. The molecule has 0 aromatic heterocycles. The molecule has 1 aliphatic rings. The van der Waals surface area contributed by atoms with Crippen molar-refractivity contribution in [1.82, 2.24) is 15.5 Å². The molecule has 1 heterocycles. The number of carbonyl (C=O) groups is 3. The summed E-state index contributed by atoms with van der Waals surface area (Å²) in [5.74, 6) is -1.68. The van der Waals surface area contributed by atoms with Gasteiger partial charge in [-0.05, 0) is 32.4 Å². The van der Waals surface area contributed by atoms with E-state index in [4.69, 9.17) is 5.11 Å². The minimum Gasteiger partial charge on any atom is -0.481 e. The number of nitrogens with zero attached hydrogens (tertiary/aromatic N) is 1. The van der Waals surface area contributed by atoms with Gasteiger partial charge in [0.1, 0.15) is 0 Å². The molecule has 3 amide bonds. The number of hydrogen-bond acceptors (Lipinski definition) is 4. The largest absolute Gasteiger partial charge is 0.481 e. The number of carbonyl (C=O) groups excluding carboxylic acids is 2. The fourth-order valence-electron chi connectivity index (χ4n) is 2.36. The molecule has 7 nitrogen and oxygen atoms in total. The Kier molecular flexibility index (Phi) is 6.44. The zero-order valence-corrected chi connectivity index (χ0v) is 12.0. The third-order valence-electron chi connectivity index (χ3n) is 3.48.